The molecule has 1 saturated heterocycles. The molecule has 1 atom stereocenters. The average Bonchev–Trinajstić information content (AvgIpc) is 2.95. The molecule has 3 rings (SSSR count). The number of carbonyl (C=O) groups excluding carboxylic acids is 1. The molecule has 0 radical (unpaired) electrons. The van der Waals surface area contributed by atoms with Crippen LogP contribution in [0.25, 0.3) is 0 Å². The number of methoxy groups -OCH3 is 1. The first-order valence-electron chi connectivity index (χ1n) is 7.72. The summed E-state index contributed by atoms with van der Waals surface area (Å²) in [5, 5.41) is 7.10. The monoisotopic (exact) mass is 299 g/mol. The van der Waals surface area contributed by atoms with E-state index in [0.29, 0.717) is 5.69 Å². The number of hydrogen-bond donors (Lipinski definition) is 1. The number of amides is 1. The zero-order chi connectivity index (χ0) is 15.5. The molecule has 1 aliphatic rings. The highest BCUT2D eigenvalue weighted by Crippen LogP contribution is 2.35. The minimum atomic E-state index is -0.00215. The van der Waals surface area contributed by atoms with Crippen LogP contribution in [0.3, 0.4) is 0 Å². The number of H-pyrrole nitrogens is 1. The van der Waals surface area contributed by atoms with E-state index in [0.717, 1.165) is 42.8 Å². The molecule has 5 nitrogen and oxygen atoms in total. The first kappa shape index (κ1) is 14.6. The highest BCUT2D eigenvalue weighted by molar-refractivity contribution is 5.93. The Morgan fingerprint density at radius 3 is 3.00 bits per heavy atom. The van der Waals surface area contributed by atoms with E-state index in [4.69, 9.17) is 4.74 Å². The minimum Gasteiger partial charge on any atom is -0.497 e. The second-order valence-electron chi connectivity index (χ2n) is 5.61. The lowest BCUT2D eigenvalue weighted by Crippen LogP contribution is -2.45. The standard InChI is InChI=1S/C17H21N3O2/c1-3-5-13-11-15(19-18-13)17(21)20-9-8-16(20)12-6-4-7-14(10-12)22-2/h4,6-7,10-11,16H,3,5,8-9H2,1-2H3,(H,18,19)/t16-/m0/s1. The van der Waals surface area contributed by atoms with Gasteiger partial charge in [-0.1, -0.05) is 25.5 Å². The third kappa shape index (κ3) is 2.71. The van der Waals surface area contributed by atoms with Crippen molar-refractivity contribution in [3.8, 4) is 5.75 Å². The van der Waals surface area contributed by atoms with Crippen molar-refractivity contribution in [3.63, 3.8) is 0 Å². The Morgan fingerprint density at radius 2 is 2.32 bits per heavy atom. The van der Waals surface area contributed by atoms with Crippen molar-refractivity contribution in [2.75, 3.05) is 13.7 Å². The number of nitrogens with one attached hydrogen (secondary N) is 1. The van der Waals surface area contributed by atoms with Gasteiger partial charge in [0.1, 0.15) is 11.4 Å². The van der Waals surface area contributed by atoms with Crippen molar-refractivity contribution in [2.24, 2.45) is 0 Å². The van der Waals surface area contributed by atoms with Crippen LogP contribution in [0.2, 0.25) is 0 Å². The highest BCUT2D eigenvalue weighted by Gasteiger charge is 2.35. The molecule has 0 spiro atoms. The summed E-state index contributed by atoms with van der Waals surface area (Å²) in [6.07, 6.45) is 2.93. The molecule has 1 N–H and O–H groups in total. The molecule has 0 unspecified atom stereocenters. The number of aromatic amines is 1. The molecule has 0 bridgehead atoms. The Morgan fingerprint density at radius 1 is 1.45 bits per heavy atom. The fraction of sp³-hybridized carbons (Fsp3) is 0.412. The predicted molar refractivity (Wildman–Crippen MR) is 84.0 cm³/mol. The van der Waals surface area contributed by atoms with Gasteiger partial charge < -0.3 is 9.64 Å². The third-order valence-corrected chi connectivity index (χ3v) is 4.13. The van der Waals surface area contributed by atoms with Crippen molar-refractivity contribution >= 4 is 5.91 Å². The lowest BCUT2D eigenvalue weighted by molar-refractivity contribution is 0.0453. The number of ether oxygens (including phenoxy) is 1. The lowest BCUT2D eigenvalue weighted by Gasteiger charge is -2.41. The fourth-order valence-corrected chi connectivity index (χ4v) is 2.84. The van der Waals surface area contributed by atoms with Crippen molar-refractivity contribution in [2.45, 2.75) is 32.2 Å². The Bertz CT molecular complexity index is 665. The normalized spacial score (nSPS) is 17.2. The summed E-state index contributed by atoms with van der Waals surface area (Å²) in [5.74, 6) is 0.819. The number of hydrogen-bond acceptors (Lipinski definition) is 3. The summed E-state index contributed by atoms with van der Waals surface area (Å²) < 4.78 is 5.26. The van der Waals surface area contributed by atoms with E-state index in [1.165, 1.54) is 0 Å². The summed E-state index contributed by atoms with van der Waals surface area (Å²) in [6, 6.07) is 9.90. The third-order valence-electron chi connectivity index (χ3n) is 4.13. The number of carbonyl (C=O) groups is 1. The summed E-state index contributed by atoms with van der Waals surface area (Å²) in [6.45, 7) is 2.88. The molecular formula is C17H21N3O2. The lowest BCUT2D eigenvalue weighted by atomic mass is 9.94. The van der Waals surface area contributed by atoms with Gasteiger partial charge in [-0.2, -0.15) is 5.10 Å². The minimum absolute atomic E-state index is 0.00215. The Hall–Kier alpha value is -2.30. The zero-order valence-corrected chi connectivity index (χ0v) is 13.0. The summed E-state index contributed by atoms with van der Waals surface area (Å²) in [4.78, 5) is 14.5. The first-order valence-corrected chi connectivity index (χ1v) is 7.72. The molecule has 5 heteroatoms. The highest BCUT2D eigenvalue weighted by atomic mass is 16.5. The van der Waals surface area contributed by atoms with E-state index in [-0.39, 0.29) is 11.9 Å². The van der Waals surface area contributed by atoms with Gasteiger partial charge in [-0.3, -0.25) is 9.89 Å². The molecule has 1 aromatic carbocycles. The van der Waals surface area contributed by atoms with Crippen LogP contribution in [0, 0.1) is 0 Å². The van der Waals surface area contributed by atoms with Gasteiger partial charge >= 0.3 is 0 Å². The van der Waals surface area contributed by atoms with E-state index < -0.39 is 0 Å². The maximum Gasteiger partial charge on any atom is 0.274 e. The molecule has 2 aromatic rings. The van der Waals surface area contributed by atoms with Crippen molar-refractivity contribution < 1.29 is 9.53 Å². The van der Waals surface area contributed by atoms with E-state index in [2.05, 4.69) is 17.1 Å². The second kappa shape index (κ2) is 6.22. The molecule has 0 aliphatic carbocycles. The van der Waals surface area contributed by atoms with Crippen LogP contribution in [0.1, 0.15) is 47.6 Å². The van der Waals surface area contributed by atoms with Crippen LogP contribution in [-0.4, -0.2) is 34.7 Å². The van der Waals surface area contributed by atoms with Gasteiger partial charge in [-0.25, -0.2) is 0 Å². The molecule has 0 saturated carbocycles. The van der Waals surface area contributed by atoms with Gasteiger partial charge in [0.25, 0.3) is 5.91 Å². The maximum absolute atomic E-state index is 12.6. The molecule has 1 aromatic heterocycles. The van der Waals surface area contributed by atoms with Crippen LogP contribution in [0.15, 0.2) is 30.3 Å². The number of aromatic nitrogens is 2. The predicted octanol–water partition coefficient (Wildman–Crippen LogP) is 2.96. The van der Waals surface area contributed by atoms with Gasteiger partial charge in [0.05, 0.1) is 13.2 Å². The Balaban J connectivity index is 1.75. The fourth-order valence-electron chi connectivity index (χ4n) is 2.84. The average molecular weight is 299 g/mol. The van der Waals surface area contributed by atoms with E-state index in [9.17, 15) is 4.79 Å². The second-order valence-corrected chi connectivity index (χ2v) is 5.61. The maximum atomic E-state index is 12.6. The topological polar surface area (TPSA) is 58.2 Å². The van der Waals surface area contributed by atoms with Crippen LogP contribution in [0.5, 0.6) is 5.75 Å². The van der Waals surface area contributed by atoms with Gasteiger partial charge in [0.15, 0.2) is 0 Å². The zero-order valence-electron chi connectivity index (χ0n) is 13.0. The molecule has 1 fully saturated rings. The van der Waals surface area contributed by atoms with E-state index in [1.54, 1.807) is 7.11 Å². The number of aryl methyl sites for hydroxylation is 1. The van der Waals surface area contributed by atoms with Gasteiger partial charge in [0.2, 0.25) is 0 Å². The Kier molecular flexibility index (Phi) is 4.13. The molecule has 2 heterocycles. The number of likely N-dealkylation sites (tertiary alicyclic amines) is 1. The molecular weight excluding hydrogens is 278 g/mol. The van der Waals surface area contributed by atoms with Crippen LogP contribution in [-0.2, 0) is 6.42 Å². The molecule has 1 aliphatic heterocycles. The quantitative estimate of drug-likeness (QED) is 0.923. The van der Waals surface area contributed by atoms with Gasteiger partial charge in [0, 0.05) is 12.2 Å². The van der Waals surface area contributed by atoms with E-state index in [1.807, 2.05) is 35.2 Å². The van der Waals surface area contributed by atoms with Gasteiger partial charge in [-0.15, -0.1) is 0 Å². The smallest absolute Gasteiger partial charge is 0.274 e. The number of rotatable bonds is 5. The first-order chi connectivity index (χ1) is 10.7. The SMILES string of the molecule is CCCc1cc(C(=O)N2CC[C@H]2c2cccc(OC)c2)n[nH]1. The van der Waals surface area contributed by atoms with Crippen LogP contribution in [0.4, 0.5) is 0 Å². The van der Waals surface area contributed by atoms with Crippen molar-refractivity contribution in [3.05, 3.63) is 47.3 Å². The van der Waals surface area contributed by atoms with E-state index >= 15 is 0 Å². The molecule has 1 amide bonds. The van der Waals surface area contributed by atoms with Crippen LogP contribution >= 0.6 is 0 Å². The largest absolute Gasteiger partial charge is 0.497 e. The summed E-state index contributed by atoms with van der Waals surface area (Å²) in [5.41, 5.74) is 2.64. The number of nitrogens with zero attached hydrogens (tertiary/aromatic N) is 2. The van der Waals surface area contributed by atoms with Crippen LogP contribution < -0.4 is 4.74 Å². The number of benzene rings is 1. The Labute approximate surface area is 130 Å². The van der Waals surface area contributed by atoms with Gasteiger partial charge in [-0.05, 0) is 36.6 Å². The molecule has 22 heavy (non-hydrogen) atoms. The van der Waals surface area contributed by atoms with Crippen molar-refractivity contribution in [1.82, 2.24) is 15.1 Å². The summed E-state index contributed by atoms with van der Waals surface area (Å²) in [7, 11) is 1.65. The summed E-state index contributed by atoms with van der Waals surface area (Å²) >= 11 is 0. The molecule has 116 valence electrons. The van der Waals surface area contributed by atoms with Crippen molar-refractivity contribution in [1.29, 1.82) is 0 Å².